The van der Waals surface area contributed by atoms with Crippen LogP contribution in [0.2, 0.25) is 5.02 Å². The van der Waals surface area contributed by atoms with E-state index in [-0.39, 0.29) is 16.5 Å². The molecule has 0 aliphatic carbocycles. The first-order chi connectivity index (χ1) is 7.45. The van der Waals surface area contributed by atoms with Crippen LogP contribution in [0.1, 0.15) is 17.7 Å². The summed E-state index contributed by atoms with van der Waals surface area (Å²) in [5, 5.41) is 8.52. The second-order valence-electron chi connectivity index (χ2n) is 2.90. The minimum absolute atomic E-state index is 0.0521. The van der Waals surface area contributed by atoms with Gasteiger partial charge in [-0.05, 0) is 11.6 Å². The molecule has 1 N–H and O–H groups in total. The molecule has 1 heterocycles. The van der Waals surface area contributed by atoms with Crippen LogP contribution in [0.25, 0.3) is 0 Å². The summed E-state index contributed by atoms with van der Waals surface area (Å²) in [4.78, 5) is 14.0. The van der Waals surface area contributed by atoms with E-state index >= 15 is 0 Å². The maximum absolute atomic E-state index is 12.4. The van der Waals surface area contributed by atoms with Crippen molar-refractivity contribution in [3.8, 4) is 5.88 Å². The van der Waals surface area contributed by atoms with Gasteiger partial charge in [-0.2, -0.15) is 0 Å². The van der Waals surface area contributed by atoms with Gasteiger partial charge in [0.15, 0.2) is 0 Å². The normalized spacial score (nSPS) is 10.6. The van der Waals surface area contributed by atoms with Crippen LogP contribution >= 0.6 is 11.6 Å². The highest BCUT2D eigenvalue weighted by atomic mass is 35.5. The van der Waals surface area contributed by atoms with Crippen LogP contribution in [0.3, 0.4) is 0 Å². The van der Waals surface area contributed by atoms with Gasteiger partial charge in [0, 0.05) is 0 Å². The van der Waals surface area contributed by atoms with E-state index in [0.717, 1.165) is 6.07 Å². The van der Waals surface area contributed by atoms with Gasteiger partial charge < -0.3 is 9.84 Å². The van der Waals surface area contributed by atoms with Crippen molar-refractivity contribution in [1.29, 1.82) is 0 Å². The Hall–Kier alpha value is -1.43. The minimum atomic E-state index is -2.81. The highest BCUT2D eigenvalue weighted by Crippen LogP contribution is 2.30. The summed E-state index contributed by atoms with van der Waals surface area (Å²) >= 11 is 5.73. The number of hydrogen-bond acceptors (Lipinski definition) is 3. The fourth-order valence-corrected chi connectivity index (χ4v) is 1.36. The van der Waals surface area contributed by atoms with E-state index in [1.54, 1.807) is 0 Å². The molecule has 88 valence electrons. The van der Waals surface area contributed by atoms with E-state index < -0.39 is 24.5 Å². The lowest BCUT2D eigenvalue weighted by molar-refractivity contribution is -0.136. The Bertz CT molecular complexity index is 412. The van der Waals surface area contributed by atoms with Crippen LogP contribution in [0, 0.1) is 0 Å². The molecule has 0 spiro atoms. The summed E-state index contributed by atoms with van der Waals surface area (Å²) in [5.41, 5.74) is -0.506. The van der Waals surface area contributed by atoms with E-state index in [9.17, 15) is 13.6 Å². The van der Waals surface area contributed by atoms with Crippen LogP contribution in [0.15, 0.2) is 6.07 Å². The van der Waals surface area contributed by atoms with Gasteiger partial charge in [0.25, 0.3) is 6.43 Å². The van der Waals surface area contributed by atoms with E-state index in [1.165, 1.54) is 7.11 Å². The number of pyridine rings is 1. The first-order valence-corrected chi connectivity index (χ1v) is 4.56. The Kier molecular flexibility index (Phi) is 4.00. The van der Waals surface area contributed by atoms with Crippen molar-refractivity contribution in [2.24, 2.45) is 0 Å². The predicted octanol–water partition coefficient (Wildman–Crippen LogP) is 2.31. The average Bonchev–Trinajstić information content (AvgIpc) is 2.20. The molecule has 0 saturated heterocycles. The molecule has 0 aromatic carbocycles. The largest absolute Gasteiger partial charge is 0.481 e. The lowest BCUT2D eigenvalue weighted by atomic mass is 10.1. The van der Waals surface area contributed by atoms with Crippen LogP contribution in [-0.2, 0) is 11.2 Å². The topological polar surface area (TPSA) is 59.4 Å². The first-order valence-electron chi connectivity index (χ1n) is 4.19. The number of rotatable bonds is 4. The molecule has 1 aromatic rings. The molecule has 0 unspecified atom stereocenters. The van der Waals surface area contributed by atoms with Crippen LogP contribution in [-0.4, -0.2) is 23.2 Å². The van der Waals surface area contributed by atoms with Crippen molar-refractivity contribution in [3.05, 3.63) is 22.3 Å². The predicted molar refractivity (Wildman–Crippen MR) is 52.1 cm³/mol. The third-order valence-electron chi connectivity index (χ3n) is 1.78. The smallest absolute Gasteiger partial charge is 0.307 e. The number of nitrogens with zero attached hydrogens (tertiary/aromatic N) is 1. The molecule has 0 aliphatic heterocycles. The zero-order valence-corrected chi connectivity index (χ0v) is 8.96. The number of carboxylic acid groups (broad SMARTS) is 1. The van der Waals surface area contributed by atoms with Crippen LogP contribution in [0.5, 0.6) is 5.88 Å². The molecule has 0 amide bonds. The van der Waals surface area contributed by atoms with Gasteiger partial charge in [0.2, 0.25) is 5.88 Å². The fourth-order valence-electron chi connectivity index (χ4n) is 1.12. The SMILES string of the molecule is COc1nc(C(F)F)cc(CC(=O)O)c1Cl. The summed E-state index contributed by atoms with van der Waals surface area (Å²) in [6, 6.07) is 0.962. The highest BCUT2D eigenvalue weighted by Gasteiger charge is 2.18. The fraction of sp³-hybridized carbons (Fsp3) is 0.333. The van der Waals surface area contributed by atoms with E-state index in [4.69, 9.17) is 16.7 Å². The third kappa shape index (κ3) is 2.79. The second-order valence-corrected chi connectivity index (χ2v) is 3.28. The molecule has 0 bridgehead atoms. The Balaban J connectivity index is 3.24. The Morgan fingerprint density at radius 2 is 2.31 bits per heavy atom. The van der Waals surface area contributed by atoms with E-state index in [0.29, 0.717) is 0 Å². The molecule has 4 nitrogen and oxygen atoms in total. The summed E-state index contributed by atoms with van der Waals surface area (Å²) < 4.78 is 29.5. The highest BCUT2D eigenvalue weighted by molar-refractivity contribution is 6.32. The number of ether oxygens (including phenoxy) is 1. The number of aliphatic carboxylic acids is 1. The summed E-state index contributed by atoms with van der Waals surface area (Å²) in [6.45, 7) is 0. The number of aromatic nitrogens is 1. The van der Waals surface area contributed by atoms with Crippen molar-refractivity contribution in [2.75, 3.05) is 7.11 Å². The van der Waals surface area contributed by atoms with Gasteiger partial charge >= 0.3 is 5.97 Å². The van der Waals surface area contributed by atoms with Crippen molar-refractivity contribution in [1.82, 2.24) is 4.98 Å². The quantitative estimate of drug-likeness (QED) is 0.892. The average molecular weight is 252 g/mol. The van der Waals surface area contributed by atoms with Crippen molar-refractivity contribution >= 4 is 17.6 Å². The molecule has 0 aliphatic rings. The molecule has 0 radical (unpaired) electrons. The molecule has 0 atom stereocenters. The summed E-state index contributed by atoms with van der Waals surface area (Å²) in [7, 11) is 1.22. The molecule has 7 heteroatoms. The lowest BCUT2D eigenvalue weighted by Crippen LogP contribution is -2.05. The lowest BCUT2D eigenvalue weighted by Gasteiger charge is -2.09. The van der Waals surface area contributed by atoms with Crippen molar-refractivity contribution in [3.63, 3.8) is 0 Å². The summed E-state index contributed by atoms with van der Waals surface area (Å²) in [6.07, 6.45) is -3.27. The van der Waals surface area contributed by atoms with Gasteiger partial charge in [-0.25, -0.2) is 13.8 Å². The van der Waals surface area contributed by atoms with Gasteiger partial charge in [-0.1, -0.05) is 11.6 Å². The molecular weight excluding hydrogens is 244 g/mol. The number of hydrogen-bond donors (Lipinski definition) is 1. The van der Waals surface area contributed by atoms with Gasteiger partial charge in [-0.3, -0.25) is 4.79 Å². The number of alkyl halides is 2. The van der Waals surface area contributed by atoms with Crippen molar-refractivity contribution < 1.29 is 23.4 Å². The maximum atomic E-state index is 12.4. The van der Waals surface area contributed by atoms with Gasteiger partial charge in [-0.15, -0.1) is 0 Å². The minimum Gasteiger partial charge on any atom is -0.481 e. The zero-order valence-electron chi connectivity index (χ0n) is 8.21. The first kappa shape index (κ1) is 12.6. The second kappa shape index (κ2) is 5.07. The van der Waals surface area contributed by atoms with Crippen molar-refractivity contribution in [2.45, 2.75) is 12.8 Å². The number of carboxylic acids is 1. The van der Waals surface area contributed by atoms with Gasteiger partial charge in [0.05, 0.1) is 13.5 Å². The van der Waals surface area contributed by atoms with Crippen LogP contribution in [0.4, 0.5) is 8.78 Å². The molecule has 16 heavy (non-hydrogen) atoms. The monoisotopic (exact) mass is 251 g/mol. The molecular formula is C9H8ClF2NO3. The Morgan fingerprint density at radius 3 is 2.75 bits per heavy atom. The Labute approximate surface area is 94.8 Å². The molecule has 0 saturated carbocycles. The zero-order chi connectivity index (χ0) is 12.3. The Morgan fingerprint density at radius 1 is 1.69 bits per heavy atom. The number of halogens is 3. The number of methoxy groups -OCH3 is 1. The van der Waals surface area contributed by atoms with E-state index in [2.05, 4.69) is 9.72 Å². The molecule has 0 fully saturated rings. The van der Waals surface area contributed by atoms with Crippen LogP contribution < -0.4 is 4.74 Å². The molecule has 1 aromatic heterocycles. The standard InChI is InChI=1S/C9H8ClF2NO3/c1-16-9-7(10)4(3-6(14)15)2-5(13-9)8(11)12/h2,8H,3H2,1H3,(H,14,15). The van der Waals surface area contributed by atoms with E-state index in [1.807, 2.05) is 0 Å². The summed E-state index contributed by atoms with van der Waals surface area (Å²) in [5.74, 6) is -1.37. The molecule has 1 rings (SSSR count). The number of carbonyl (C=O) groups is 1. The maximum Gasteiger partial charge on any atom is 0.307 e. The van der Waals surface area contributed by atoms with Gasteiger partial charge in [0.1, 0.15) is 10.7 Å². The third-order valence-corrected chi connectivity index (χ3v) is 2.19.